The Labute approximate surface area is 245 Å². The van der Waals surface area contributed by atoms with E-state index in [2.05, 4.69) is 23.3 Å². The number of nitrogens with zero attached hydrogens (tertiary/aromatic N) is 2. The fourth-order valence-electron chi connectivity index (χ4n) is 6.07. The molecule has 0 spiro atoms. The van der Waals surface area contributed by atoms with Crippen molar-refractivity contribution in [2.75, 3.05) is 24.7 Å². The van der Waals surface area contributed by atoms with Crippen molar-refractivity contribution in [1.29, 1.82) is 0 Å². The average molecular weight is 565 g/mol. The number of hydrogen-bond acceptors (Lipinski definition) is 4. The second-order valence-corrected chi connectivity index (χ2v) is 11.1. The molecular formula is C34H36N4O4. The van der Waals surface area contributed by atoms with E-state index in [-0.39, 0.29) is 11.8 Å². The minimum Gasteiger partial charge on any atom is -0.381 e. The lowest BCUT2D eigenvalue weighted by molar-refractivity contribution is -0.120. The lowest BCUT2D eigenvalue weighted by Gasteiger charge is -2.36. The molecule has 2 unspecified atom stereocenters. The summed E-state index contributed by atoms with van der Waals surface area (Å²) in [4.78, 5) is 48.1. The summed E-state index contributed by atoms with van der Waals surface area (Å²) in [6, 6.07) is 21.4. The smallest absolute Gasteiger partial charge is 0.332 e. The van der Waals surface area contributed by atoms with Crippen LogP contribution in [0.1, 0.15) is 65.0 Å². The molecule has 6 rings (SSSR count). The highest BCUT2D eigenvalue weighted by atomic mass is 16.5. The first-order chi connectivity index (χ1) is 20.5. The number of amides is 4. The van der Waals surface area contributed by atoms with Crippen LogP contribution in [0.2, 0.25) is 0 Å². The van der Waals surface area contributed by atoms with E-state index in [1.807, 2.05) is 49.4 Å². The highest BCUT2D eigenvalue weighted by Crippen LogP contribution is 2.45. The number of carbonyl (C=O) groups excluding carboxylic acids is 3. The normalized spacial score (nSPS) is 18.0. The molecule has 42 heavy (non-hydrogen) atoms. The number of rotatable bonds is 10. The van der Waals surface area contributed by atoms with Gasteiger partial charge in [-0.05, 0) is 49.1 Å². The third-order valence-electron chi connectivity index (χ3n) is 8.23. The van der Waals surface area contributed by atoms with E-state index >= 15 is 0 Å². The van der Waals surface area contributed by atoms with Crippen molar-refractivity contribution in [3.8, 4) is 0 Å². The number of imide groups is 1. The number of aromatic nitrogens is 1. The van der Waals surface area contributed by atoms with Crippen LogP contribution in [0.15, 0.2) is 72.8 Å². The molecule has 2 N–H and O–H groups in total. The summed E-state index contributed by atoms with van der Waals surface area (Å²) in [5.41, 5.74) is 5.58. The van der Waals surface area contributed by atoms with Gasteiger partial charge < -0.3 is 15.0 Å². The predicted octanol–water partition coefficient (Wildman–Crippen LogP) is 5.90. The molecule has 0 bridgehead atoms. The van der Waals surface area contributed by atoms with Crippen LogP contribution < -0.4 is 10.2 Å². The van der Waals surface area contributed by atoms with Gasteiger partial charge in [-0.1, -0.05) is 73.5 Å². The first kappa shape index (κ1) is 27.7. The molecule has 3 heterocycles. The fraction of sp³-hybridized carbons (Fsp3) is 0.324. The first-order valence-electron chi connectivity index (χ1n) is 14.8. The molecule has 1 fully saturated rings. The summed E-state index contributed by atoms with van der Waals surface area (Å²) < 4.78 is 5.59. The molecule has 2 aliphatic rings. The summed E-state index contributed by atoms with van der Waals surface area (Å²) in [5.74, 6) is -0.645. The molecule has 8 nitrogen and oxygen atoms in total. The number of urea groups is 1. The van der Waals surface area contributed by atoms with E-state index in [4.69, 9.17) is 4.74 Å². The summed E-state index contributed by atoms with van der Waals surface area (Å²) in [7, 11) is 0. The molecule has 2 atom stereocenters. The highest BCUT2D eigenvalue weighted by Gasteiger charge is 2.53. The monoisotopic (exact) mass is 564 g/mol. The van der Waals surface area contributed by atoms with Crippen LogP contribution in [0.25, 0.3) is 10.9 Å². The molecule has 1 saturated heterocycles. The van der Waals surface area contributed by atoms with Crippen LogP contribution in [0, 0.1) is 6.92 Å². The molecule has 216 valence electrons. The summed E-state index contributed by atoms with van der Waals surface area (Å²) in [6.07, 6.45) is 3.17. The number of unbranched alkanes of at least 4 members (excludes halogenated alkanes) is 1. The second kappa shape index (κ2) is 11.8. The van der Waals surface area contributed by atoms with Crippen molar-refractivity contribution < 1.29 is 19.1 Å². The number of anilines is 1. The number of ether oxygens (including phenoxy) is 1. The van der Waals surface area contributed by atoms with Crippen molar-refractivity contribution in [1.82, 2.24) is 15.2 Å². The van der Waals surface area contributed by atoms with Crippen LogP contribution >= 0.6 is 0 Å². The predicted molar refractivity (Wildman–Crippen MR) is 163 cm³/mol. The van der Waals surface area contributed by atoms with Crippen LogP contribution in [-0.4, -0.2) is 53.5 Å². The molecule has 1 aromatic heterocycles. The van der Waals surface area contributed by atoms with E-state index < -0.39 is 18.1 Å². The molecule has 0 radical (unpaired) electrons. The van der Waals surface area contributed by atoms with Gasteiger partial charge in [0.05, 0.1) is 11.3 Å². The minimum absolute atomic E-state index is 0.293. The number of H-pyrrole nitrogens is 1. The zero-order chi connectivity index (χ0) is 29.2. The first-order valence-corrected chi connectivity index (χ1v) is 14.8. The Bertz CT molecular complexity index is 1630. The number of fused-ring (bicyclic) bond motifs is 4. The summed E-state index contributed by atoms with van der Waals surface area (Å²) >= 11 is 0. The molecule has 2 aliphatic heterocycles. The molecule has 8 heteroatoms. The third kappa shape index (κ3) is 4.96. The van der Waals surface area contributed by atoms with Crippen LogP contribution in [0.5, 0.6) is 0 Å². The molecule has 0 aliphatic carbocycles. The van der Waals surface area contributed by atoms with Gasteiger partial charge in [0.25, 0.3) is 11.8 Å². The van der Waals surface area contributed by atoms with Gasteiger partial charge in [-0.3, -0.25) is 14.5 Å². The Morgan fingerprint density at radius 2 is 1.71 bits per heavy atom. The van der Waals surface area contributed by atoms with E-state index in [9.17, 15) is 14.4 Å². The molecule has 4 amide bonds. The van der Waals surface area contributed by atoms with Crippen LogP contribution in [0.4, 0.5) is 10.5 Å². The number of aryl methyl sites for hydroxylation is 1. The number of aromatic amines is 1. The summed E-state index contributed by atoms with van der Waals surface area (Å²) in [6.45, 7) is 5.86. The fourth-order valence-corrected chi connectivity index (χ4v) is 6.07. The Morgan fingerprint density at radius 3 is 2.52 bits per heavy atom. The van der Waals surface area contributed by atoms with E-state index in [0.29, 0.717) is 43.9 Å². The number of hydrogen-bond donors (Lipinski definition) is 2. The Balaban J connectivity index is 1.31. The van der Waals surface area contributed by atoms with Gasteiger partial charge in [0.15, 0.2) is 0 Å². The van der Waals surface area contributed by atoms with Gasteiger partial charge in [-0.25, -0.2) is 9.69 Å². The standard InChI is InChI=1S/C34H36N4O4/c1-3-4-19-42-20-9-18-35-32(39)25-11-6-8-13-28(25)38-33(40)29-21-26-24-10-5-7-12-27(24)36-30(26)31(37(29)34(38)41)23-16-14-22(2)15-17-23/h5-8,10-17,29,31,36H,3-4,9,18-21H2,1-2H3,(H,35,39). The topological polar surface area (TPSA) is 94.7 Å². The lowest BCUT2D eigenvalue weighted by Crippen LogP contribution is -2.44. The SMILES string of the molecule is CCCCOCCCNC(=O)c1ccccc1N1C(=O)C2Cc3c([nH]c4ccccc34)C(c3ccc(C)cc3)N2C1=O. The maximum atomic E-state index is 14.3. The van der Waals surface area contributed by atoms with Gasteiger partial charge in [-0.15, -0.1) is 0 Å². The maximum Gasteiger partial charge on any atom is 0.332 e. The third-order valence-corrected chi connectivity index (χ3v) is 8.23. The molecular weight excluding hydrogens is 528 g/mol. The lowest BCUT2D eigenvalue weighted by atomic mass is 9.88. The number of benzene rings is 3. The van der Waals surface area contributed by atoms with Gasteiger partial charge in [-0.2, -0.15) is 0 Å². The molecule has 4 aromatic rings. The van der Waals surface area contributed by atoms with E-state index in [1.54, 1.807) is 29.2 Å². The van der Waals surface area contributed by atoms with Crippen molar-refractivity contribution in [3.63, 3.8) is 0 Å². The van der Waals surface area contributed by atoms with Gasteiger partial charge in [0.1, 0.15) is 12.1 Å². The van der Waals surface area contributed by atoms with Gasteiger partial charge >= 0.3 is 6.03 Å². The molecule has 3 aromatic carbocycles. The zero-order valence-electron chi connectivity index (χ0n) is 24.1. The molecule has 0 saturated carbocycles. The van der Waals surface area contributed by atoms with Gasteiger partial charge in [0, 0.05) is 42.8 Å². The largest absolute Gasteiger partial charge is 0.381 e. The summed E-state index contributed by atoms with van der Waals surface area (Å²) in [5, 5.41) is 3.99. The van der Waals surface area contributed by atoms with Crippen molar-refractivity contribution in [2.45, 2.75) is 51.6 Å². The quantitative estimate of drug-likeness (QED) is 0.185. The number of nitrogens with one attached hydrogen (secondary N) is 2. The maximum absolute atomic E-state index is 14.3. The van der Waals surface area contributed by atoms with Gasteiger partial charge in [0.2, 0.25) is 0 Å². The van der Waals surface area contributed by atoms with E-state index in [1.165, 1.54) is 4.90 Å². The Kier molecular flexibility index (Phi) is 7.80. The van der Waals surface area contributed by atoms with Crippen LogP contribution in [0.3, 0.4) is 0 Å². The Hall–Kier alpha value is -4.43. The average Bonchev–Trinajstić information content (AvgIpc) is 3.50. The zero-order valence-corrected chi connectivity index (χ0v) is 24.1. The van der Waals surface area contributed by atoms with Crippen molar-refractivity contribution >= 4 is 34.4 Å². The highest BCUT2D eigenvalue weighted by molar-refractivity contribution is 6.24. The minimum atomic E-state index is -0.688. The van der Waals surface area contributed by atoms with Crippen LogP contribution in [-0.2, 0) is 16.0 Å². The van der Waals surface area contributed by atoms with Crippen molar-refractivity contribution in [3.05, 3.63) is 101 Å². The Morgan fingerprint density at radius 1 is 0.976 bits per heavy atom. The van der Waals surface area contributed by atoms with E-state index in [0.717, 1.165) is 46.1 Å². The number of carbonyl (C=O) groups is 3. The second-order valence-electron chi connectivity index (χ2n) is 11.1. The van der Waals surface area contributed by atoms with Crippen molar-refractivity contribution in [2.24, 2.45) is 0 Å². The number of para-hydroxylation sites is 2.